The first-order chi connectivity index (χ1) is 10.7. The monoisotopic (exact) mass is 340 g/mol. The maximum absolute atomic E-state index is 5.69. The van der Waals surface area contributed by atoms with Crippen molar-refractivity contribution < 1.29 is 0 Å². The molecule has 1 aromatic rings. The molecule has 1 atom stereocenters. The van der Waals surface area contributed by atoms with E-state index >= 15 is 0 Å². The number of hydrogen-bond acceptors (Lipinski definition) is 4. The SMILES string of the molecule is CNC(=S)N(Cc1ccsc1)C1CCN([C@H](C)CCN)CC1. The van der Waals surface area contributed by atoms with Crippen molar-refractivity contribution in [1.29, 1.82) is 0 Å². The summed E-state index contributed by atoms with van der Waals surface area (Å²) in [5.74, 6) is 0. The smallest absolute Gasteiger partial charge is 0.169 e. The third-order valence-electron chi connectivity index (χ3n) is 4.56. The number of nitrogens with zero attached hydrogens (tertiary/aromatic N) is 2. The van der Waals surface area contributed by atoms with Crippen LogP contribution in [0.3, 0.4) is 0 Å². The zero-order valence-corrected chi connectivity index (χ0v) is 15.3. The van der Waals surface area contributed by atoms with Crippen LogP contribution in [0.25, 0.3) is 0 Å². The van der Waals surface area contributed by atoms with Gasteiger partial charge in [-0.25, -0.2) is 0 Å². The number of thiophene rings is 1. The van der Waals surface area contributed by atoms with E-state index in [1.165, 1.54) is 18.4 Å². The van der Waals surface area contributed by atoms with Gasteiger partial charge in [0.25, 0.3) is 0 Å². The molecule has 0 amide bonds. The second-order valence-electron chi connectivity index (χ2n) is 6.01. The molecule has 22 heavy (non-hydrogen) atoms. The van der Waals surface area contributed by atoms with Crippen molar-refractivity contribution in [1.82, 2.24) is 15.1 Å². The molecule has 1 aliphatic heterocycles. The van der Waals surface area contributed by atoms with Crippen LogP contribution in [-0.4, -0.2) is 53.7 Å². The molecule has 1 saturated heterocycles. The Bertz CT molecular complexity index is 441. The van der Waals surface area contributed by atoms with Crippen LogP contribution in [0, 0.1) is 0 Å². The van der Waals surface area contributed by atoms with Gasteiger partial charge >= 0.3 is 0 Å². The summed E-state index contributed by atoms with van der Waals surface area (Å²) in [5.41, 5.74) is 7.03. The summed E-state index contributed by atoms with van der Waals surface area (Å²) in [7, 11) is 1.92. The highest BCUT2D eigenvalue weighted by molar-refractivity contribution is 7.80. The van der Waals surface area contributed by atoms with Gasteiger partial charge in [-0.05, 0) is 67.3 Å². The largest absolute Gasteiger partial charge is 0.366 e. The fraction of sp³-hybridized carbons (Fsp3) is 0.688. The highest BCUT2D eigenvalue weighted by Gasteiger charge is 2.27. The predicted octanol–water partition coefficient (Wildman–Crippen LogP) is 2.26. The fourth-order valence-electron chi connectivity index (χ4n) is 3.15. The lowest BCUT2D eigenvalue weighted by Crippen LogP contribution is -2.51. The molecule has 4 nitrogen and oxygen atoms in total. The van der Waals surface area contributed by atoms with Crippen molar-refractivity contribution in [3.8, 4) is 0 Å². The molecule has 0 radical (unpaired) electrons. The van der Waals surface area contributed by atoms with E-state index in [1.807, 2.05) is 7.05 Å². The predicted molar refractivity (Wildman–Crippen MR) is 99.2 cm³/mol. The molecule has 2 heterocycles. The van der Waals surface area contributed by atoms with Gasteiger partial charge < -0.3 is 20.9 Å². The molecule has 1 fully saturated rings. The minimum absolute atomic E-state index is 0.529. The lowest BCUT2D eigenvalue weighted by Gasteiger charge is -2.41. The van der Waals surface area contributed by atoms with Crippen LogP contribution in [0.5, 0.6) is 0 Å². The van der Waals surface area contributed by atoms with Gasteiger partial charge in [0, 0.05) is 38.8 Å². The molecule has 0 aliphatic carbocycles. The molecule has 6 heteroatoms. The number of likely N-dealkylation sites (tertiary alicyclic amines) is 1. The molecule has 3 N–H and O–H groups in total. The van der Waals surface area contributed by atoms with E-state index in [2.05, 4.69) is 38.9 Å². The van der Waals surface area contributed by atoms with Gasteiger partial charge in [0.15, 0.2) is 5.11 Å². The number of nitrogens with two attached hydrogens (primary N) is 1. The maximum Gasteiger partial charge on any atom is 0.169 e. The Labute approximate surface area is 143 Å². The fourth-order valence-corrected chi connectivity index (χ4v) is 4.03. The molecule has 0 bridgehead atoms. The quantitative estimate of drug-likeness (QED) is 0.778. The van der Waals surface area contributed by atoms with Gasteiger partial charge in [0.1, 0.15) is 0 Å². The second-order valence-corrected chi connectivity index (χ2v) is 7.17. The summed E-state index contributed by atoms with van der Waals surface area (Å²) < 4.78 is 0. The number of piperidine rings is 1. The lowest BCUT2D eigenvalue weighted by atomic mass is 10.0. The van der Waals surface area contributed by atoms with Crippen molar-refractivity contribution in [2.45, 2.75) is 44.8 Å². The highest BCUT2D eigenvalue weighted by atomic mass is 32.1. The van der Waals surface area contributed by atoms with Gasteiger partial charge in [-0.15, -0.1) is 0 Å². The molecule has 0 aromatic carbocycles. The second kappa shape index (κ2) is 8.82. The highest BCUT2D eigenvalue weighted by Crippen LogP contribution is 2.22. The Balaban J connectivity index is 1.94. The van der Waals surface area contributed by atoms with Crippen molar-refractivity contribution in [2.24, 2.45) is 5.73 Å². The summed E-state index contributed by atoms with van der Waals surface area (Å²) in [6.07, 6.45) is 3.42. The zero-order valence-electron chi connectivity index (χ0n) is 13.6. The van der Waals surface area contributed by atoms with E-state index in [-0.39, 0.29) is 0 Å². The van der Waals surface area contributed by atoms with Crippen LogP contribution in [0.15, 0.2) is 16.8 Å². The van der Waals surface area contributed by atoms with Gasteiger partial charge in [0.05, 0.1) is 0 Å². The molecule has 0 spiro atoms. The molecule has 2 rings (SSSR count). The minimum Gasteiger partial charge on any atom is -0.366 e. The number of nitrogens with one attached hydrogen (secondary N) is 1. The van der Waals surface area contributed by atoms with E-state index in [1.54, 1.807) is 11.3 Å². The van der Waals surface area contributed by atoms with Crippen LogP contribution < -0.4 is 11.1 Å². The maximum atomic E-state index is 5.69. The average molecular weight is 341 g/mol. The first-order valence-electron chi connectivity index (χ1n) is 8.09. The average Bonchev–Trinajstić information content (AvgIpc) is 3.05. The van der Waals surface area contributed by atoms with Gasteiger partial charge in [0.2, 0.25) is 0 Å². The minimum atomic E-state index is 0.529. The third-order valence-corrected chi connectivity index (χ3v) is 5.73. The standard InChI is InChI=1S/C16H28N4S2/c1-13(3-7-17)19-8-4-15(5-9-19)20(16(21)18-2)11-14-6-10-22-12-14/h6,10,12-13,15H,3-5,7-9,11,17H2,1-2H3,(H,18,21)/t13-/m1/s1. The van der Waals surface area contributed by atoms with Crippen LogP contribution in [0.1, 0.15) is 31.7 Å². The van der Waals surface area contributed by atoms with Gasteiger partial charge in [-0.3, -0.25) is 0 Å². The normalized spacial score (nSPS) is 18.1. The zero-order chi connectivity index (χ0) is 15.9. The number of hydrogen-bond donors (Lipinski definition) is 2. The third kappa shape index (κ3) is 4.65. The van der Waals surface area contributed by atoms with Crippen LogP contribution in [-0.2, 0) is 6.54 Å². The summed E-state index contributed by atoms with van der Waals surface area (Å²) in [4.78, 5) is 4.93. The van der Waals surface area contributed by atoms with Crippen LogP contribution in [0.2, 0.25) is 0 Å². The van der Waals surface area contributed by atoms with E-state index in [0.717, 1.165) is 37.7 Å². The molecule has 1 aromatic heterocycles. The van der Waals surface area contributed by atoms with E-state index in [4.69, 9.17) is 18.0 Å². The van der Waals surface area contributed by atoms with Gasteiger partial charge in [-0.2, -0.15) is 11.3 Å². The molecular formula is C16H28N4S2. The summed E-state index contributed by atoms with van der Waals surface area (Å²) in [6, 6.07) is 3.31. The van der Waals surface area contributed by atoms with Crippen molar-refractivity contribution in [2.75, 3.05) is 26.7 Å². The van der Waals surface area contributed by atoms with Crippen molar-refractivity contribution in [3.05, 3.63) is 22.4 Å². The van der Waals surface area contributed by atoms with Crippen molar-refractivity contribution >= 4 is 28.7 Å². The molecule has 0 saturated carbocycles. The Morgan fingerprint density at radius 1 is 1.55 bits per heavy atom. The summed E-state index contributed by atoms with van der Waals surface area (Å²) >= 11 is 7.29. The molecule has 124 valence electrons. The van der Waals surface area contributed by atoms with E-state index in [0.29, 0.717) is 12.1 Å². The Morgan fingerprint density at radius 3 is 2.82 bits per heavy atom. The summed E-state index contributed by atoms with van der Waals surface area (Å²) in [6.45, 7) is 6.24. The Hall–Kier alpha value is -0.690. The van der Waals surface area contributed by atoms with Gasteiger partial charge in [-0.1, -0.05) is 0 Å². The van der Waals surface area contributed by atoms with Crippen LogP contribution in [0.4, 0.5) is 0 Å². The van der Waals surface area contributed by atoms with Crippen molar-refractivity contribution in [3.63, 3.8) is 0 Å². The van der Waals surface area contributed by atoms with E-state index in [9.17, 15) is 0 Å². The first kappa shape index (κ1) is 17.7. The van der Waals surface area contributed by atoms with E-state index < -0.39 is 0 Å². The topological polar surface area (TPSA) is 44.5 Å². The molecule has 1 aliphatic rings. The molecular weight excluding hydrogens is 312 g/mol. The number of thiocarbonyl (C=S) groups is 1. The summed E-state index contributed by atoms with van der Waals surface area (Å²) in [5, 5.41) is 8.36. The lowest BCUT2D eigenvalue weighted by molar-refractivity contribution is 0.115. The van der Waals surface area contributed by atoms with Crippen LogP contribution >= 0.6 is 23.6 Å². The Morgan fingerprint density at radius 2 is 2.27 bits per heavy atom. The number of rotatable bonds is 6. The molecule has 0 unspecified atom stereocenters. The Kier molecular flexibility index (Phi) is 7.08. The first-order valence-corrected chi connectivity index (χ1v) is 9.44.